The van der Waals surface area contributed by atoms with Crippen LogP contribution >= 0.6 is 23.1 Å². The Morgan fingerprint density at radius 2 is 2.33 bits per heavy atom. The molecule has 0 aromatic carbocycles. The number of nitrogens with zero attached hydrogens (tertiary/aromatic N) is 1. The Kier molecular flexibility index (Phi) is 4.21. The Bertz CT molecular complexity index is 591. The minimum Gasteiger partial charge on any atom is -0.329 e. The van der Waals surface area contributed by atoms with Crippen molar-refractivity contribution in [2.24, 2.45) is 5.73 Å². The largest absolute Gasteiger partial charge is 0.329 e. The number of aromatic nitrogens is 2. The molecule has 0 bridgehead atoms. The van der Waals surface area contributed by atoms with Crippen molar-refractivity contribution in [2.75, 3.05) is 6.54 Å². The van der Waals surface area contributed by atoms with Crippen molar-refractivity contribution in [3.63, 3.8) is 0 Å². The van der Waals surface area contributed by atoms with Crippen molar-refractivity contribution in [2.45, 2.75) is 24.3 Å². The molecule has 2 aromatic rings. The Hall–Kier alpha value is -1.11. The Labute approximate surface area is 114 Å². The van der Waals surface area contributed by atoms with Crippen molar-refractivity contribution >= 4 is 23.1 Å². The predicted molar refractivity (Wildman–Crippen MR) is 76.3 cm³/mol. The maximum absolute atomic E-state index is 11.4. The lowest BCUT2D eigenvalue weighted by Crippen LogP contribution is -2.12. The summed E-state index contributed by atoms with van der Waals surface area (Å²) in [6, 6.07) is 3.56. The number of thiophene rings is 1. The predicted octanol–water partition coefficient (Wildman–Crippen LogP) is 2.24. The van der Waals surface area contributed by atoms with Crippen LogP contribution in [0.25, 0.3) is 0 Å². The zero-order valence-corrected chi connectivity index (χ0v) is 11.9. The van der Waals surface area contributed by atoms with E-state index in [0.29, 0.717) is 11.7 Å². The smallest absolute Gasteiger partial charge is 0.251 e. The second-order valence-electron chi connectivity index (χ2n) is 4.00. The molecule has 0 fully saturated rings. The molecule has 4 nitrogen and oxygen atoms in total. The van der Waals surface area contributed by atoms with Gasteiger partial charge in [0.15, 0.2) is 5.16 Å². The molecule has 0 aliphatic rings. The second kappa shape index (κ2) is 5.69. The zero-order valence-electron chi connectivity index (χ0n) is 10.3. The molecule has 0 aliphatic heterocycles. The molecule has 0 saturated heterocycles. The summed E-state index contributed by atoms with van der Waals surface area (Å²) in [5.41, 5.74) is 7.66. The highest BCUT2D eigenvalue weighted by molar-refractivity contribution is 7.99. The van der Waals surface area contributed by atoms with Gasteiger partial charge >= 0.3 is 0 Å². The number of H-pyrrole nitrogens is 1. The van der Waals surface area contributed by atoms with E-state index in [4.69, 9.17) is 5.73 Å². The van der Waals surface area contributed by atoms with Crippen molar-refractivity contribution in [1.29, 1.82) is 0 Å². The summed E-state index contributed by atoms with van der Waals surface area (Å²) < 4.78 is 0. The first kappa shape index (κ1) is 13.3. The number of aromatic amines is 1. The Balaban J connectivity index is 2.26. The number of nitrogens with two attached hydrogens (primary N) is 1. The van der Waals surface area contributed by atoms with Crippen LogP contribution in [0, 0.1) is 13.8 Å². The van der Waals surface area contributed by atoms with Gasteiger partial charge in [0.25, 0.3) is 5.56 Å². The van der Waals surface area contributed by atoms with Gasteiger partial charge in [0.2, 0.25) is 0 Å². The summed E-state index contributed by atoms with van der Waals surface area (Å²) >= 11 is 3.20. The van der Waals surface area contributed by atoms with Gasteiger partial charge in [0.1, 0.15) is 0 Å². The molecule has 18 heavy (non-hydrogen) atoms. The average molecular weight is 281 g/mol. The number of thioether (sulfide) groups is 1. The van der Waals surface area contributed by atoms with Gasteiger partial charge in [-0.25, -0.2) is 4.98 Å². The van der Waals surface area contributed by atoms with Gasteiger partial charge in [-0.3, -0.25) is 4.79 Å². The molecule has 0 saturated carbocycles. The van der Waals surface area contributed by atoms with Crippen LogP contribution in [-0.4, -0.2) is 16.5 Å². The van der Waals surface area contributed by atoms with E-state index in [-0.39, 0.29) is 10.8 Å². The van der Waals surface area contributed by atoms with Crippen LogP contribution in [0.3, 0.4) is 0 Å². The molecule has 0 aliphatic carbocycles. The van der Waals surface area contributed by atoms with E-state index in [1.165, 1.54) is 28.3 Å². The van der Waals surface area contributed by atoms with E-state index in [9.17, 15) is 4.79 Å². The van der Waals surface area contributed by atoms with Crippen LogP contribution in [0.2, 0.25) is 0 Å². The van der Waals surface area contributed by atoms with E-state index in [0.717, 1.165) is 5.69 Å². The van der Waals surface area contributed by atoms with Crippen molar-refractivity contribution in [3.8, 4) is 0 Å². The van der Waals surface area contributed by atoms with Crippen molar-refractivity contribution in [3.05, 3.63) is 44.0 Å². The van der Waals surface area contributed by atoms with Crippen molar-refractivity contribution in [1.82, 2.24) is 9.97 Å². The standard InChI is InChI=1S/C12H15N3OS2/c1-7-3-4-17-11(7)9(6-13)18-12-14-8(2)5-10(16)15-12/h3-5,9H,6,13H2,1-2H3,(H,14,15,16). The maximum Gasteiger partial charge on any atom is 0.251 e. The van der Waals surface area contributed by atoms with E-state index in [1.54, 1.807) is 11.3 Å². The van der Waals surface area contributed by atoms with Gasteiger partial charge in [-0.1, -0.05) is 11.8 Å². The monoisotopic (exact) mass is 281 g/mol. The van der Waals surface area contributed by atoms with Gasteiger partial charge < -0.3 is 10.7 Å². The molecule has 2 heterocycles. The highest BCUT2D eigenvalue weighted by atomic mass is 32.2. The van der Waals surface area contributed by atoms with Crippen LogP contribution in [0.1, 0.15) is 21.4 Å². The SMILES string of the molecule is Cc1cc(=O)[nH]c(SC(CN)c2sccc2C)n1. The first-order valence-electron chi connectivity index (χ1n) is 5.59. The lowest BCUT2D eigenvalue weighted by molar-refractivity contribution is 0.883. The third-order valence-corrected chi connectivity index (χ3v) is 4.92. The number of hydrogen-bond acceptors (Lipinski definition) is 5. The highest BCUT2D eigenvalue weighted by Crippen LogP contribution is 2.36. The third-order valence-electron chi connectivity index (χ3n) is 2.51. The average Bonchev–Trinajstić information content (AvgIpc) is 2.71. The second-order valence-corrected chi connectivity index (χ2v) is 6.14. The molecule has 0 spiro atoms. The minimum absolute atomic E-state index is 0.122. The fourth-order valence-electron chi connectivity index (χ4n) is 1.67. The Morgan fingerprint density at radius 1 is 1.56 bits per heavy atom. The normalized spacial score (nSPS) is 12.6. The number of hydrogen-bond donors (Lipinski definition) is 2. The molecular weight excluding hydrogens is 266 g/mol. The first-order chi connectivity index (χ1) is 8.60. The van der Waals surface area contributed by atoms with Gasteiger partial charge in [-0.15, -0.1) is 11.3 Å². The Morgan fingerprint density at radius 3 is 2.89 bits per heavy atom. The molecule has 1 unspecified atom stereocenters. The molecule has 0 amide bonds. The van der Waals surface area contributed by atoms with Crippen LogP contribution < -0.4 is 11.3 Å². The van der Waals surface area contributed by atoms with Gasteiger partial charge in [-0.05, 0) is 30.9 Å². The molecule has 96 valence electrons. The first-order valence-corrected chi connectivity index (χ1v) is 7.34. The summed E-state index contributed by atoms with van der Waals surface area (Å²) in [5, 5.41) is 2.82. The highest BCUT2D eigenvalue weighted by Gasteiger charge is 2.16. The summed E-state index contributed by atoms with van der Waals surface area (Å²) in [4.78, 5) is 19.7. The molecular formula is C12H15N3OS2. The maximum atomic E-state index is 11.4. The van der Waals surface area contributed by atoms with E-state index in [1.807, 2.05) is 6.92 Å². The number of rotatable bonds is 4. The quantitative estimate of drug-likeness (QED) is 0.666. The van der Waals surface area contributed by atoms with Crippen LogP contribution in [0.15, 0.2) is 27.5 Å². The van der Waals surface area contributed by atoms with E-state index >= 15 is 0 Å². The van der Waals surface area contributed by atoms with E-state index < -0.39 is 0 Å². The van der Waals surface area contributed by atoms with Gasteiger partial charge in [0.05, 0.1) is 5.25 Å². The fourth-order valence-corrected chi connectivity index (χ4v) is 3.91. The van der Waals surface area contributed by atoms with Crippen molar-refractivity contribution < 1.29 is 0 Å². The molecule has 2 aromatic heterocycles. The van der Waals surface area contributed by atoms with Gasteiger partial charge in [-0.2, -0.15) is 0 Å². The summed E-state index contributed by atoms with van der Waals surface area (Å²) in [6.45, 7) is 4.40. The molecule has 0 radical (unpaired) electrons. The fraction of sp³-hybridized carbons (Fsp3) is 0.333. The van der Waals surface area contributed by atoms with Crippen LogP contribution in [0.5, 0.6) is 0 Å². The summed E-state index contributed by atoms with van der Waals surface area (Å²) in [7, 11) is 0. The molecule has 2 rings (SSSR count). The lowest BCUT2D eigenvalue weighted by Gasteiger charge is -2.13. The number of aryl methyl sites for hydroxylation is 2. The van der Waals surface area contributed by atoms with Crippen LogP contribution in [-0.2, 0) is 0 Å². The lowest BCUT2D eigenvalue weighted by atomic mass is 10.2. The van der Waals surface area contributed by atoms with E-state index in [2.05, 4.69) is 28.3 Å². The van der Waals surface area contributed by atoms with Crippen LogP contribution in [0.4, 0.5) is 0 Å². The third kappa shape index (κ3) is 3.01. The molecule has 3 N–H and O–H groups in total. The number of nitrogens with one attached hydrogen (secondary N) is 1. The summed E-state index contributed by atoms with van der Waals surface area (Å²) in [5.74, 6) is 0. The zero-order chi connectivity index (χ0) is 13.1. The molecule has 6 heteroatoms. The topological polar surface area (TPSA) is 71.8 Å². The van der Waals surface area contributed by atoms with Gasteiger partial charge in [0, 0.05) is 23.2 Å². The summed E-state index contributed by atoms with van der Waals surface area (Å²) in [6.07, 6.45) is 0. The molecule has 1 atom stereocenters. The minimum atomic E-state index is -0.122.